The van der Waals surface area contributed by atoms with Gasteiger partial charge in [0.15, 0.2) is 0 Å². The van der Waals surface area contributed by atoms with Crippen LogP contribution in [0.2, 0.25) is 0 Å². The van der Waals surface area contributed by atoms with E-state index in [1.807, 2.05) is 0 Å². The highest BCUT2D eigenvalue weighted by Crippen LogP contribution is 2.04. The Morgan fingerprint density at radius 3 is 2.55 bits per heavy atom. The minimum atomic E-state index is -0.878. The second-order valence-electron chi connectivity index (χ2n) is 1.83. The van der Waals surface area contributed by atoms with Gasteiger partial charge < -0.3 is 4.74 Å². The first-order valence-corrected chi connectivity index (χ1v) is 2.80. The van der Waals surface area contributed by atoms with Crippen LogP contribution in [0.5, 0.6) is 0 Å². The molecular weight excluding hydrogens is 150 g/mol. The van der Waals surface area contributed by atoms with E-state index >= 15 is 0 Å². The van der Waals surface area contributed by atoms with Crippen LogP contribution in [0.4, 0.5) is 4.79 Å². The van der Waals surface area contributed by atoms with Crippen molar-refractivity contribution >= 4 is 17.8 Å². The number of ketones is 1. The molecule has 0 atom stereocenters. The van der Waals surface area contributed by atoms with E-state index in [1.165, 1.54) is 0 Å². The van der Waals surface area contributed by atoms with Gasteiger partial charge in [0.2, 0.25) is 5.78 Å². The molecule has 0 aromatic heterocycles. The number of ether oxygens (including phenoxy) is 1. The molecule has 5 heteroatoms. The Hall–Kier alpha value is -1.65. The maximum atomic E-state index is 10.7. The number of imide groups is 1. The van der Waals surface area contributed by atoms with Crippen molar-refractivity contribution in [2.24, 2.45) is 0 Å². The predicted octanol–water partition coefficient (Wildman–Crippen LogP) is -0.322. The summed E-state index contributed by atoms with van der Waals surface area (Å²) >= 11 is 0. The molecular formula is C6H5NO4. The van der Waals surface area contributed by atoms with Crippen molar-refractivity contribution in [1.82, 2.24) is 4.90 Å². The van der Waals surface area contributed by atoms with Gasteiger partial charge in [-0.1, -0.05) is 0 Å². The normalized spacial score (nSPS) is 15.9. The fraction of sp³-hybridized carbons (Fsp3) is 0.167. The third-order valence-electron chi connectivity index (χ3n) is 1.18. The summed E-state index contributed by atoms with van der Waals surface area (Å²) in [5.74, 6) is -1.59. The minimum absolute atomic E-state index is 0.613. The van der Waals surface area contributed by atoms with E-state index in [4.69, 9.17) is 0 Å². The zero-order valence-electron chi connectivity index (χ0n) is 5.73. The van der Waals surface area contributed by atoms with E-state index in [2.05, 4.69) is 4.74 Å². The molecule has 0 spiro atoms. The Labute approximate surface area is 62.2 Å². The molecule has 0 aromatic rings. The van der Waals surface area contributed by atoms with Crippen LogP contribution in [0.1, 0.15) is 0 Å². The highest BCUT2D eigenvalue weighted by molar-refractivity contribution is 6.44. The maximum absolute atomic E-state index is 10.7. The lowest BCUT2D eigenvalue weighted by molar-refractivity contribution is -0.138. The smallest absolute Gasteiger partial charge is 0.420 e. The zero-order valence-corrected chi connectivity index (χ0v) is 5.73. The molecule has 2 amide bonds. The van der Waals surface area contributed by atoms with Crippen LogP contribution in [0.15, 0.2) is 12.3 Å². The number of methoxy groups -OCH3 is 1. The van der Waals surface area contributed by atoms with Crippen LogP contribution in [0.3, 0.4) is 0 Å². The molecule has 0 aliphatic carbocycles. The van der Waals surface area contributed by atoms with Crippen molar-refractivity contribution in [2.75, 3.05) is 7.11 Å². The molecule has 5 nitrogen and oxygen atoms in total. The van der Waals surface area contributed by atoms with Crippen molar-refractivity contribution in [3.05, 3.63) is 12.3 Å². The molecule has 0 saturated heterocycles. The Morgan fingerprint density at radius 2 is 2.18 bits per heavy atom. The van der Waals surface area contributed by atoms with Gasteiger partial charge in [0.25, 0.3) is 0 Å². The van der Waals surface area contributed by atoms with Crippen LogP contribution in [-0.2, 0) is 14.3 Å². The third-order valence-corrected chi connectivity index (χ3v) is 1.18. The van der Waals surface area contributed by atoms with Crippen molar-refractivity contribution < 1.29 is 19.1 Å². The molecule has 0 saturated carbocycles. The number of carbonyl (C=O) groups is 3. The molecule has 0 N–H and O–H groups in total. The topological polar surface area (TPSA) is 63.7 Å². The van der Waals surface area contributed by atoms with Crippen molar-refractivity contribution in [1.29, 1.82) is 0 Å². The van der Waals surface area contributed by atoms with Crippen molar-refractivity contribution in [2.45, 2.75) is 0 Å². The van der Waals surface area contributed by atoms with Crippen LogP contribution < -0.4 is 0 Å². The lowest BCUT2D eigenvalue weighted by Gasteiger charge is -2.06. The van der Waals surface area contributed by atoms with Crippen molar-refractivity contribution in [3.8, 4) is 0 Å². The van der Waals surface area contributed by atoms with Gasteiger partial charge in [-0.3, -0.25) is 9.59 Å². The van der Waals surface area contributed by atoms with Gasteiger partial charge in [0, 0.05) is 12.3 Å². The molecule has 1 aliphatic heterocycles. The summed E-state index contributed by atoms with van der Waals surface area (Å²) in [6.07, 6.45) is 1.24. The van der Waals surface area contributed by atoms with E-state index in [0.717, 1.165) is 19.4 Å². The standard InChI is InChI=1S/C6H5NO4/c1-11-6(10)7-3-2-4(8)5(7)9/h2-3H,1H3. The van der Waals surface area contributed by atoms with Gasteiger partial charge in [-0.25, -0.2) is 9.69 Å². The highest BCUT2D eigenvalue weighted by Gasteiger charge is 2.29. The molecule has 1 aliphatic rings. The summed E-state index contributed by atoms with van der Waals surface area (Å²) in [5.41, 5.74) is 0. The van der Waals surface area contributed by atoms with Crippen LogP contribution in [-0.4, -0.2) is 29.8 Å². The Balaban J connectivity index is 2.78. The molecule has 0 radical (unpaired) electrons. The summed E-state index contributed by atoms with van der Waals surface area (Å²) in [7, 11) is 1.13. The molecule has 0 aromatic carbocycles. The van der Waals surface area contributed by atoms with Gasteiger partial charge in [-0.15, -0.1) is 0 Å². The first-order chi connectivity index (χ1) is 5.16. The summed E-state index contributed by atoms with van der Waals surface area (Å²) in [6.45, 7) is 0. The number of rotatable bonds is 0. The van der Waals surface area contributed by atoms with E-state index < -0.39 is 17.8 Å². The van der Waals surface area contributed by atoms with Gasteiger partial charge in [-0.2, -0.15) is 0 Å². The summed E-state index contributed by atoms with van der Waals surface area (Å²) in [5, 5.41) is 0. The molecule has 58 valence electrons. The molecule has 1 heterocycles. The SMILES string of the molecule is COC(=O)N1C=CC(=O)C1=O. The Morgan fingerprint density at radius 1 is 1.55 bits per heavy atom. The summed E-state index contributed by atoms with van der Waals surface area (Å²) in [4.78, 5) is 32.5. The lowest BCUT2D eigenvalue weighted by atomic mass is 10.4. The molecule has 1 rings (SSSR count). The van der Waals surface area contributed by atoms with Crippen molar-refractivity contribution in [3.63, 3.8) is 0 Å². The van der Waals surface area contributed by atoms with E-state index in [-0.39, 0.29) is 0 Å². The highest BCUT2D eigenvalue weighted by atomic mass is 16.5. The lowest BCUT2D eigenvalue weighted by Crippen LogP contribution is -2.31. The number of carbonyl (C=O) groups excluding carboxylic acids is 3. The first-order valence-electron chi connectivity index (χ1n) is 2.80. The van der Waals surface area contributed by atoms with E-state index in [9.17, 15) is 14.4 Å². The zero-order chi connectivity index (χ0) is 8.43. The maximum Gasteiger partial charge on any atom is 0.420 e. The number of hydrogen-bond acceptors (Lipinski definition) is 4. The van der Waals surface area contributed by atoms with Gasteiger partial charge in [0.1, 0.15) is 0 Å². The van der Waals surface area contributed by atoms with Gasteiger partial charge >= 0.3 is 12.0 Å². The molecule has 0 unspecified atom stereocenters. The van der Waals surface area contributed by atoms with Gasteiger partial charge in [0.05, 0.1) is 7.11 Å². The largest absolute Gasteiger partial charge is 0.452 e. The minimum Gasteiger partial charge on any atom is -0.452 e. The summed E-state index contributed by atoms with van der Waals surface area (Å²) in [6, 6.07) is 0. The predicted molar refractivity (Wildman–Crippen MR) is 33.4 cm³/mol. The second kappa shape index (κ2) is 2.53. The number of nitrogens with zero attached hydrogens (tertiary/aromatic N) is 1. The first kappa shape index (κ1) is 7.46. The van der Waals surface area contributed by atoms with Crippen LogP contribution in [0.25, 0.3) is 0 Å². The van der Waals surface area contributed by atoms with Crippen LogP contribution in [0, 0.1) is 0 Å². The number of hydrogen-bond donors (Lipinski definition) is 0. The Kier molecular flexibility index (Phi) is 1.72. The monoisotopic (exact) mass is 155 g/mol. The fourth-order valence-electron chi connectivity index (χ4n) is 0.642. The fourth-order valence-corrected chi connectivity index (χ4v) is 0.642. The van der Waals surface area contributed by atoms with Gasteiger partial charge in [-0.05, 0) is 0 Å². The van der Waals surface area contributed by atoms with E-state index in [1.54, 1.807) is 0 Å². The quantitative estimate of drug-likeness (QED) is 0.449. The van der Waals surface area contributed by atoms with Crippen LogP contribution >= 0.6 is 0 Å². The Bertz CT molecular complexity index is 255. The number of amides is 2. The molecule has 11 heavy (non-hydrogen) atoms. The van der Waals surface area contributed by atoms with E-state index in [0.29, 0.717) is 4.90 Å². The molecule has 0 bridgehead atoms. The third kappa shape index (κ3) is 1.12. The molecule has 0 fully saturated rings. The summed E-state index contributed by atoms with van der Waals surface area (Å²) < 4.78 is 4.22. The average Bonchev–Trinajstić information content (AvgIpc) is 2.32. The average molecular weight is 155 g/mol. The second-order valence-corrected chi connectivity index (χ2v) is 1.83.